The lowest BCUT2D eigenvalue weighted by Gasteiger charge is -2.46. The van der Waals surface area contributed by atoms with Gasteiger partial charge < -0.3 is 9.80 Å². The molecule has 0 N–H and O–H groups in total. The summed E-state index contributed by atoms with van der Waals surface area (Å²) in [7, 11) is 3.97. The van der Waals surface area contributed by atoms with Gasteiger partial charge in [0.25, 0.3) is 0 Å². The molecular formula is C18H25N7O. The number of amides is 1. The van der Waals surface area contributed by atoms with Gasteiger partial charge in [-0.1, -0.05) is 6.42 Å². The van der Waals surface area contributed by atoms with Crippen molar-refractivity contribution < 1.29 is 4.79 Å². The number of nitrogens with zero attached hydrogens (tertiary/aromatic N) is 7. The lowest BCUT2D eigenvalue weighted by Crippen LogP contribution is -2.61. The maximum atomic E-state index is 12.2. The van der Waals surface area contributed by atoms with Gasteiger partial charge in [-0.3, -0.25) is 9.69 Å². The Hall–Kier alpha value is -2.22. The monoisotopic (exact) mass is 355 g/mol. The lowest BCUT2D eigenvalue weighted by atomic mass is 9.85. The first-order valence-electron chi connectivity index (χ1n) is 9.56. The predicted octanol–water partition coefficient (Wildman–Crippen LogP) is 0.743. The van der Waals surface area contributed by atoms with E-state index in [1.165, 1.54) is 19.3 Å². The third kappa shape index (κ3) is 2.39. The fraction of sp³-hybridized carbons (Fsp3) is 0.667. The van der Waals surface area contributed by atoms with E-state index in [1.807, 2.05) is 28.6 Å². The third-order valence-corrected chi connectivity index (χ3v) is 6.40. The van der Waals surface area contributed by atoms with Crippen LogP contribution in [0.3, 0.4) is 0 Å². The first kappa shape index (κ1) is 16.0. The van der Waals surface area contributed by atoms with Crippen LogP contribution in [-0.2, 0) is 4.79 Å². The Labute approximate surface area is 152 Å². The van der Waals surface area contributed by atoms with Gasteiger partial charge in [0.2, 0.25) is 5.91 Å². The van der Waals surface area contributed by atoms with Crippen molar-refractivity contribution in [2.45, 2.75) is 43.7 Å². The average molecular weight is 355 g/mol. The van der Waals surface area contributed by atoms with Crippen molar-refractivity contribution in [1.82, 2.24) is 29.6 Å². The molecule has 5 rings (SSSR count). The van der Waals surface area contributed by atoms with Crippen LogP contribution in [-0.4, -0.2) is 81.3 Å². The first-order chi connectivity index (χ1) is 12.6. The summed E-state index contributed by atoms with van der Waals surface area (Å²) in [6.45, 7) is 2.67. The van der Waals surface area contributed by atoms with E-state index in [9.17, 15) is 4.79 Å². The number of anilines is 1. The van der Waals surface area contributed by atoms with Gasteiger partial charge in [0.1, 0.15) is 5.82 Å². The number of fused-ring (bicyclic) bond motifs is 1. The molecule has 0 radical (unpaired) electrons. The summed E-state index contributed by atoms with van der Waals surface area (Å²) in [4.78, 5) is 18.6. The molecule has 26 heavy (non-hydrogen) atoms. The number of hydrogen-bond donors (Lipinski definition) is 0. The zero-order chi connectivity index (χ0) is 17.8. The Bertz CT molecular complexity index is 839. The molecule has 2 aliphatic heterocycles. The zero-order valence-electron chi connectivity index (χ0n) is 15.4. The maximum Gasteiger partial charge on any atom is 0.239 e. The van der Waals surface area contributed by atoms with Gasteiger partial charge in [0.15, 0.2) is 11.5 Å². The molecule has 3 fully saturated rings. The molecule has 138 valence electrons. The normalized spacial score (nSPS) is 24.6. The van der Waals surface area contributed by atoms with E-state index in [1.54, 1.807) is 0 Å². The Kier molecular flexibility index (Phi) is 3.63. The van der Waals surface area contributed by atoms with Gasteiger partial charge in [0, 0.05) is 38.6 Å². The molecule has 8 heteroatoms. The van der Waals surface area contributed by atoms with Gasteiger partial charge in [-0.2, -0.15) is 4.52 Å². The van der Waals surface area contributed by atoms with Crippen LogP contribution in [0.2, 0.25) is 0 Å². The van der Waals surface area contributed by atoms with Gasteiger partial charge in [-0.15, -0.1) is 15.3 Å². The average Bonchev–Trinajstić information content (AvgIpc) is 3.09. The van der Waals surface area contributed by atoms with Crippen molar-refractivity contribution >= 4 is 17.4 Å². The summed E-state index contributed by atoms with van der Waals surface area (Å²) >= 11 is 0. The number of aromatic nitrogens is 4. The predicted molar refractivity (Wildman–Crippen MR) is 97.2 cm³/mol. The lowest BCUT2D eigenvalue weighted by molar-refractivity contribution is -0.131. The molecule has 3 aliphatic rings. The van der Waals surface area contributed by atoms with Crippen LogP contribution in [0.1, 0.15) is 37.4 Å². The molecule has 1 amide bonds. The van der Waals surface area contributed by atoms with Crippen molar-refractivity contribution in [2.24, 2.45) is 0 Å². The summed E-state index contributed by atoms with van der Waals surface area (Å²) in [6, 6.07) is 4.47. The minimum atomic E-state index is 0.0330. The fourth-order valence-corrected chi connectivity index (χ4v) is 4.22. The van der Waals surface area contributed by atoms with Crippen molar-refractivity contribution in [3.05, 3.63) is 18.0 Å². The standard InChI is InChI=1S/C18H25N7O/c1-22-9-8-14(18(22)26)23(2)13-10-24(11-13)16-7-6-15-19-20-17(25(15)21-16)12-4-3-5-12/h6-7,12-14H,3-5,8-11H2,1-2H3. The highest BCUT2D eigenvalue weighted by molar-refractivity contribution is 5.83. The number of hydrogen-bond acceptors (Lipinski definition) is 6. The summed E-state index contributed by atoms with van der Waals surface area (Å²) < 4.78 is 1.92. The number of likely N-dealkylation sites (tertiary alicyclic amines) is 1. The highest BCUT2D eigenvalue weighted by atomic mass is 16.2. The molecule has 2 aromatic heterocycles. The molecule has 1 atom stereocenters. The molecule has 1 saturated carbocycles. The quantitative estimate of drug-likeness (QED) is 0.806. The van der Waals surface area contributed by atoms with E-state index in [0.29, 0.717) is 12.0 Å². The second kappa shape index (κ2) is 5.90. The molecular weight excluding hydrogens is 330 g/mol. The van der Waals surface area contributed by atoms with E-state index in [-0.39, 0.29) is 11.9 Å². The van der Waals surface area contributed by atoms with E-state index < -0.39 is 0 Å². The number of carbonyl (C=O) groups is 1. The smallest absolute Gasteiger partial charge is 0.239 e. The highest BCUT2D eigenvalue weighted by Gasteiger charge is 2.40. The van der Waals surface area contributed by atoms with Crippen LogP contribution in [0, 0.1) is 0 Å². The minimum absolute atomic E-state index is 0.0330. The largest absolute Gasteiger partial charge is 0.352 e. The van der Waals surface area contributed by atoms with Crippen molar-refractivity contribution in [2.75, 3.05) is 38.6 Å². The second-order valence-electron chi connectivity index (χ2n) is 7.94. The van der Waals surface area contributed by atoms with Crippen LogP contribution in [0.4, 0.5) is 5.82 Å². The van der Waals surface area contributed by atoms with Gasteiger partial charge in [-0.05, 0) is 38.4 Å². The first-order valence-corrected chi connectivity index (χ1v) is 9.56. The SMILES string of the molecule is CN1CCC(N(C)C2CN(c3ccc4nnc(C5CCC5)n4n3)C2)C1=O. The van der Waals surface area contributed by atoms with Crippen molar-refractivity contribution in [1.29, 1.82) is 0 Å². The molecule has 1 unspecified atom stereocenters. The Morgan fingerprint density at radius 2 is 1.96 bits per heavy atom. The Balaban J connectivity index is 1.29. The van der Waals surface area contributed by atoms with Crippen LogP contribution in [0.15, 0.2) is 12.1 Å². The van der Waals surface area contributed by atoms with Crippen molar-refractivity contribution in [3.8, 4) is 0 Å². The molecule has 0 bridgehead atoms. The fourth-order valence-electron chi connectivity index (χ4n) is 4.22. The van der Waals surface area contributed by atoms with Crippen LogP contribution in [0.25, 0.3) is 5.65 Å². The van der Waals surface area contributed by atoms with Crippen LogP contribution in [0.5, 0.6) is 0 Å². The third-order valence-electron chi connectivity index (χ3n) is 6.40. The van der Waals surface area contributed by atoms with Gasteiger partial charge >= 0.3 is 0 Å². The molecule has 8 nitrogen and oxygen atoms in total. The number of carbonyl (C=O) groups excluding carboxylic acids is 1. The van der Waals surface area contributed by atoms with Crippen LogP contribution >= 0.6 is 0 Å². The zero-order valence-corrected chi connectivity index (χ0v) is 15.4. The number of rotatable bonds is 4. The van der Waals surface area contributed by atoms with E-state index in [4.69, 9.17) is 5.10 Å². The van der Waals surface area contributed by atoms with E-state index in [0.717, 1.165) is 43.3 Å². The van der Waals surface area contributed by atoms with E-state index in [2.05, 4.69) is 27.0 Å². The molecule has 0 spiro atoms. The highest BCUT2D eigenvalue weighted by Crippen LogP contribution is 2.35. The topological polar surface area (TPSA) is 69.9 Å². The Morgan fingerprint density at radius 1 is 1.15 bits per heavy atom. The summed E-state index contributed by atoms with van der Waals surface area (Å²) in [6.07, 6.45) is 4.58. The molecule has 2 saturated heterocycles. The summed E-state index contributed by atoms with van der Waals surface area (Å²) in [5.41, 5.74) is 0.824. The summed E-state index contributed by atoms with van der Waals surface area (Å²) in [5, 5.41) is 13.4. The van der Waals surface area contributed by atoms with E-state index >= 15 is 0 Å². The molecule has 2 aromatic rings. The van der Waals surface area contributed by atoms with Crippen LogP contribution < -0.4 is 4.90 Å². The number of likely N-dealkylation sites (N-methyl/N-ethyl adjacent to an activating group) is 2. The summed E-state index contributed by atoms with van der Waals surface area (Å²) in [5.74, 6) is 2.73. The second-order valence-corrected chi connectivity index (χ2v) is 7.94. The minimum Gasteiger partial charge on any atom is -0.352 e. The Morgan fingerprint density at radius 3 is 2.62 bits per heavy atom. The molecule has 4 heterocycles. The maximum absolute atomic E-state index is 12.2. The van der Waals surface area contributed by atoms with Gasteiger partial charge in [-0.25, -0.2) is 0 Å². The van der Waals surface area contributed by atoms with Crippen molar-refractivity contribution in [3.63, 3.8) is 0 Å². The molecule has 1 aliphatic carbocycles. The van der Waals surface area contributed by atoms with Gasteiger partial charge in [0.05, 0.1) is 6.04 Å². The molecule has 0 aromatic carbocycles.